The number of para-hydroxylation sites is 1. The third-order valence-corrected chi connectivity index (χ3v) is 6.64. The van der Waals surface area contributed by atoms with Gasteiger partial charge in [0.15, 0.2) is 5.78 Å². The quantitative estimate of drug-likeness (QED) is 0.683. The summed E-state index contributed by atoms with van der Waals surface area (Å²) in [5, 5.41) is 11.3. The lowest BCUT2D eigenvalue weighted by Gasteiger charge is -2.47. The number of hydrogen-bond donors (Lipinski definition) is 1. The van der Waals surface area contributed by atoms with E-state index in [1.165, 1.54) is 0 Å². The molecular formula is C23H27ClO4. The van der Waals surface area contributed by atoms with Gasteiger partial charge in [0.05, 0.1) is 10.9 Å². The Hall–Kier alpha value is -1.81. The molecule has 3 aliphatic rings. The lowest BCUT2D eigenvalue weighted by molar-refractivity contribution is -0.135. The standard InChI is InChI=1S/C23H27ClO4/c1-22(2)8-14(25)19(15(26)9-22)18-12-6-5-7-13(24)21(12)28-17-11-23(3,4)10-16(27)20(17)18/h5-7,17-18,20,25H,8-11H2,1-4H3/t17-,18-,20-/m0/s1. The zero-order valence-corrected chi connectivity index (χ0v) is 17.6. The minimum atomic E-state index is -0.500. The second-order valence-electron chi connectivity index (χ2n) is 10.1. The van der Waals surface area contributed by atoms with Crippen LogP contribution in [0.25, 0.3) is 0 Å². The van der Waals surface area contributed by atoms with Crippen LogP contribution in [0.5, 0.6) is 5.75 Å². The Morgan fingerprint density at radius 1 is 1.07 bits per heavy atom. The maximum atomic E-state index is 13.2. The molecule has 3 atom stereocenters. The summed E-state index contributed by atoms with van der Waals surface area (Å²) in [6.45, 7) is 8.08. The lowest BCUT2D eigenvalue weighted by Crippen LogP contribution is -2.50. The van der Waals surface area contributed by atoms with Crippen molar-refractivity contribution in [3.05, 3.63) is 40.1 Å². The van der Waals surface area contributed by atoms with Crippen LogP contribution in [-0.4, -0.2) is 22.8 Å². The minimum Gasteiger partial charge on any atom is -0.512 e. The average molecular weight is 403 g/mol. The van der Waals surface area contributed by atoms with E-state index in [0.717, 1.165) is 5.56 Å². The highest BCUT2D eigenvalue weighted by atomic mass is 35.5. The summed E-state index contributed by atoms with van der Waals surface area (Å²) in [7, 11) is 0. The number of benzene rings is 1. The van der Waals surface area contributed by atoms with E-state index in [4.69, 9.17) is 16.3 Å². The number of rotatable bonds is 1. The van der Waals surface area contributed by atoms with E-state index >= 15 is 0 Å². The first kappa shape index (κ1) is 19.5. The molecule has 1 aromatic rings. The van der Waals surface area contributed by atoms with Gasteiger partial charge in [-0.3, -0.25) is 9.59 Å². The van der Waals surface area contributed by atoms with Crippen LogP contribution in [0.15, 0.2) is 29.5 Å². The van der Waals surface area contributed by atoms with Gasteiger partial charge in [-0.2, -0.15) is 0 Å². The number of carbonyl (C=O) groups excluding carboxylic acids is 2. The molecule has 0 unspecified atom stereocenters. The highest BCUT2D eigenvalue weighted by Gasteiger charge is 2.53. The number of ketones is 2. The van der Waals surface area contributed by atoms with Crippen LogP contribution in [0.1, 0.15) is 64.9 Å². The molecule has 1 N–H and O–H groups in total. The van der Waals surface area contributed by atoms with Crippen LogP contribution in [0, 0.1) is 16.7 Å². The maximum Gasteiger partial charge on any atom is 0.163 e. The molecule has 5 heteroatoms. The summed E-state index contributed by atoms with van der Waals surface area (Å²) in [6.07, 6.45) is 1.59. The van der Waals surface area contributed by atoms with Crippen LogP contribution >= 0.6 is 11.6 Å². The van der Waals surface area contributed by atoms with E-state index in [2.05, 4.69) is 13.8 Å². The van der Waals surface area contributed by atoms with E-state index in [1.807, 2.05) is 26.0 Å². The van der Waals surface area contributed by atoms with E-state index in [0.29, 0.717) is 42.0 Å². The largest absolute Gasteiger partial charge is 0.512 e. The van der Waals surface area contributed by atoms with Crippen molar-refractivity contribution in [1.29, 1.82) is 0 Å². The molecule has 4 nitrogen and oxygen atoms in total. The molecule has 0 amide bonds. The number of halogens is 1. The third-order valence-electron chi connectivity index (χ3n) is 6.35. The zero-order valence-electron chi connectivity index (χ0n) is 16.8. The monoisotopic (exact) mass is 402 g/mol. The van der Waals surface area contributed by atoms with Crippen molar-refractivity contribution < 1.29 is 19.4 Å². The predicted molar refractivity (Wildman–Crippen MR) is 108 cm³/mol. The van der Waals surface area contributed by atoms with Crippen LogP contribution < -0.4 is 4.74 Å². The second kappa shape index (κ2) is 6.35. The van der Waals surface area contributed by atoms with Crippen molar-refractivity contribution in [3.8, 4) is 5.75 Å². The number of ether oxygens (including phenoxy) is 1. The van der Waals surface area contributed by atoms with Gasteiger partial charge in [0.1, 0.15) is 23.4 Å². The Kier molecular flexibility index (Phi) is 4.42. The first-order valence-corrected chi connectivity index (χ1v) is 10.3. The van der Waals surface area contributed by atoms with Gasteiger partial charge < -0.3 is 9.84 Å². The normalized spacial score (nSPS) is 31.1. The highest BCUT2D eigenvalue weighted by Crippen LogP contribution is 2.54. The smallest absolute Gasteiger partial charge is 0.163 e. The topological polar surface area (TPSA) is 63.6 Å². The van der Waals surface area contributed by atoms with Crippen molar-refractivity contribution >= 4 is 23.2 Å². The number of Topliss-reactive ketones (excluding diaryl/α,β-unsaturated/α-hetero) is 2. The summed E-state index contributed by atoms with van der Waals surface area (Å²) < 4.78 is 6.24. The minimum absolute atomic E-state index is 0.0806. The molecule has 0 aromatic heterocycles. The number of aliphatic hydroxyl groups is 1. The first-order chi connectivity index (χ1) is 13.0. The number of fused-ring (bicyclic) bond motifs is 2. The molecule has 0 bridgehead atoms. The van der Waals surface area contributed by atoms with Gasteiger partial charge in [0.25, 0.3) is 0 Å². The maximum absolute atomic E-state index is 13.2. The Bertz CT molecular complexity index is 896. The molecule has 1 saturated carbocycles. The molecule has 2 aliphatic carbocycles. The summed E-state index contributed by atoms with van der Waals surface area (Å²) in [5.74, 6) is -0.312. The van der Waals surface area contributed by atoms with Crippen molar-refractivity contribution in [1.82, 2.24) is 0 Å². The van der Waals surface area contributed by atoms with Gasteiger partial charge in [-0.15, -0.1) is 0 Å². The van der Waals surface area contributed by atoms with E-state index in [9.17, 15) is 14.7 Å². The molecule has 1 fully saturated rings. The summed E-state index contributed by atoms with van der Waals surface area (Å²) in [4.78, 5) is 26.3. The fraction of sp³-hybridized carbons (Fsp3) is 0.565. The Morgan fingerprint density at radius 2 is 1.79 bits per heavy atom. The third kappa shape index (κ3) is 3.16. The molecule has 150 valence electrons. The molecule has 1 aliphatic heterocycles. The molecule has 1 heterocycles. The fourth-order valence-electron chi connectivity index (χ4n) is 5.29. The first-order valence-electron chi connectivity index (χ1n) is 9.92. The van der Waals surface area contributed by atoms with E-state index < -0.39 is 11.8 Å². The summed E-state index contributed by atoms with van der Waals surface area (Å²) in [6, 6.07) is 5.43. The molecule has 4 rings (SSSR count). The number of hydrogen-bond acceptors (Lipinski definition) is 4. The number of allylic oxidation sites excluding steroid dienone is 2. The van der Waals surface area contributed by atoms with E-state index in [-0.39, 0.29) is 34.3 Å². The Labute approximate surface area is 170 Å². The van der Waals surface area contributed by atoms with Crippen molar-refractivity contribution in [2.45, 2.75) is 65.4 Å². The summed E-state index contributed by atoms with van der Waals surface area (Å²) >= 11 is 6.43. The second-order valence-corrected chi connectivity index (χ2v) is 10.5. The van der Waals surface area contributed by atoms with E-state index in [1.54, 1.807) is 6.07 Å². The van der Waals surface area contributed by atoms with Gasteiger partial charge in [-0.25, -0.2) is 0 Å². The van der Waals surface area contributed by atoms with Crippen molar-refractivity contribution in [2.24, 2.45) is 16.7 Å². The molecule has 0 radical (unpaired) electrons. The zero-order chi connectivity index (χ0) is 20.4. The van der Waals surface area contributed by atoms with Crippen LogP contribution in [0.3, 0.4) is 0 Å². The van der Waals surface area contributed by atoms with Gasteiger partial charge in [-0.05, 0) is 23.3 Å². The highest BCUT2D eigenvalue weighted by molar-refractivity contribution is 6.32. The van der Waals surface area contributed by atoms with Crippen LogP contribution in [0.4, 0.5) is 0 Å². The number of carbonyl (C=O) groups is 2. The van der Waals surface area contributed by atoms with Gasteiger partial charge in [0, 0.05) is 36.3 Å². The van der Waals surface area contributed by atoms with Crippen molar-refractivity contribution in [2.75, 3.05) is 0 Å². The molecule has 28 heavy (non-hydrogen) atoms. The van der Waals surface area contributed by atoms with Gasteiger partial charge in [0.2, 0.25) is 0 Å². The summed E-state index contributed by atoms with van der Waals surface area (Å²) in [5.41, 5.74) is 0.659. The van der Waals surface area contributed by atoms with Crippen molar-refractivity contribution in [3.63, 3.8) is 0 Å². The number of aliphatic hydroxyl groups excluding tert-OH is 1. The predicted octanol–water partition coefficient (Wildman–Crippen LogP) is 5.39. The molecule has 0 spiro atoms. The molecular weight excluding hydrogens is 376 g/mol. The molecule has 0 saturated heterocycles. The fourth-order valence-corrected chi connectivity index (χ4v) is 5.51. The molecule has 1 aromatic carbocycles. The Morgan fingerprint density at radius 3 is 2.46 bits per heavy atom. The van der Waals surface area contributed by atoms with Crippen LogP contribution in [-0.2, 0) is 9.59 Å². The average Bonchev–Trinajstić information content (AvgIpc) is 2.52. The Balaban J connectivity index is 1.90. The van der Waals surface area contributed by atoms with Gasteiger partial charge in [-0.1, -0.05) is 51.4 Å². The van der Waals surface area contributed by atoms with Gasteiger partial charge >= 0.3 is 0 Å². The lowest BCUT2D eigenvalue weighted by atomic mass is 9.61. The van der Waals surface area contributed by atoms with Crippen LogP contribution in [0.2, 0.25) is 5.02 Å². The SMILES string of the molecule is CC1(C)CC(=O)C([C@@H]2c3cccc(Cl)c3O[C@H]3CC(C)(C)CC(=O)[C@@H]32)=C(O)C1.